The van der Waals surface area contributed by atoms with Crippen LogP contribution >= 0.6 is 0 Å². The van der Waals surface area contributed by atoms with Crippen LogP contribution < -0.4 is 5.73 Å². The fourth-order valence-corrected chi connectivity index (χ4v) is 3.81. The van der Waals surface area contributed by atoms with Crippen molar-refractivity contribution in [3.8, 4) is 0 Å². The van der Waals surface area contributed by atoms with Crippen molar-refractivity contribution in [1.82, 2.24) is 4.90 Å². The zero-order valence-corrected chi connectivity index (χ0v) is 16.4. The van der Waals surface area contributed by atoms with Crippen LogP contribution in [0.5, 0.6) is 0 Å². The molecule has 1 aromatic rings. The van der Waals surface area contributed by atoms with Crippen LogP contribution in [0.3, 0.4) is 0 Å². The van der Waals surface area contributed by atoms with Crippen molar-refractivity contribution in [2.24, 2.45) is 21.6 Å². The maximum absolute atomic E-state index is 14.7. The molecular formula is C20H26F3N3O. The molecule has 0 spiro atoms. The van der Waals surface area contributed by atoms with Gasteiger partial charge in [-0.15, -0.1) is 0 Å². The number of nitrogens with zero attached hydrogens (tertiary/aromatic N) is 2. The van der Waals surface area contributed by atoms with Gasteiger partial charge in [0, 0.05) is 24.4 Å². The Bertz CT molecular complexity index is 836. The number of hydrogen-bond donors (Lipinski definition) is 1. The fraction of sp³-hybridized carbons (Fsp3) is 0.600. The summed E-state index contributed by atoms with van der Waals surface area (Å²) in [6.45, 7) is 6.67. The molecule has 4 nitrogen and oxygen atoms in total. The van der Waals surface area contributed by atoms with E-state index in [4.69, 9.17) is 5.73 Å². The highest BCUT2D eigenvalue weighted by molar-refractivity contribution is 6.01. The highest BCUT2D eigenvalue weighted by Crippen LogP contribution is 2.62. The Hall–Kier alpha value is -2.05. The minimum atomic E-state index is -2.62. The molecule has 0 radical (unpaired) electrons. The van der Waals surface area contributed by atoms with E-state index in [9.17, 15) is 18.0 Å². The third kappa shape index (κ3) is 2.82. The summed E-state index contributed by atoms with van der Waals surface area (Å²) in [7, 11) is 1.53. The van der Waals surface area contributed by atoms with Gasteiger partial charge in [0.25, 0.3) is 5.92 Å². The van der Waals surface area contributed by atoms with Gasteiger partial charge < -0.3 is 5.73 Å². The Balaban J connectivity index is 1.97. The van der Waals surface area contributed by atoms with Gasteiger partial charge in [-0.3, -0.25) is 9.69 Å². The molecule has 1 aliphatic heterocycles. The van der Waals surface area contributed by atoms with Crippen molar-refractivity contribution in [3.63, 3.8) is 0 Å². The van der Waals surface area contributed by atoms with Crippen molar-refractivity contribution in [3.05, 3.63) is 35.1 Å². The van der Waals surface area contributed by atoms with Crippen LogP contribution in [0.25, 0.3) is 0 Å². The molecule has 0 saturated heterocycles. The largest absolute Gasteiger partial charge is 0.369 e. The second-order valence-electron chi connectivity index (χ2n) is 8.79. The molecule has 1 fully saturated rings. The second kappa shape index (κ2) is 5.72. The predicted octanol–water partition coefficient (Wildman–Crippen LogP) is 3.83. The number of nitrogens with two attached hydrogens (primary N) is 1. The van der Waals surface area contributed by atoms with Gasteiger partial charge in [0.05, 0.1) is 5.41 Å². The molecule has 1 amide bonds. The predicted molar refractivity (Wildman–Crippen MR) is 97.9 cm³/mol. The monoisotopic (exact) mass is 381 g/mol. The molecule has 27 heavy (non-hydrogen) atoms. The van der Waals surface area contributed by atoms with E-state index < -0.39 is 28.1 Å². The zero-order valence-electron chi connectivity index (χ0n) is 16.4. The number of benzene rings is 1. The molecule has 2 aliphatic rings. The highest BCUT2D eigenvalue weighted by Gasteiger charge is 2.66. The van der Waals surface area contributed by atoms with E-state index in [0.717, 1.165) is 5.56 Å². The summed E-state index contributed by atoms with van der Waals surface area (Å²) in [5.74, 6) is -3.35. The van der Waals surface area contributed by atoms with E-state index in [1.807, 2.05) is 0 Å². The number of hydrogen-bond acceptors (Lipinski definition) is 3. The van der Waals surface area contributed by atoms with E-state index in [2.05, 4.69) is 4.99 Å². The van der Waals surface area contributed by atoms with Gasteiger partial charge in [0.15, 0.2) is 5.96 Å². The van der Waals surface area contributed by atoms with E-state index in [1.165, 1.54) is 18.0 Å². The number of carbonyl (C=O) groups is 1. The van der Waals surface area contributed by atoms with Crippen molar-refractivity contribution < 1.29 is 18.0 Å². The van der Waals surface area contributed by atoms with Crippen LogP contribution in [-0.2, 0) is 16.8 Å². The molecule has 148 valence electrons. The summed E-state index contributed by atoms with van der Waals surface area (Å²) >= 11 is 0. The smallest absolute Gasteiger partial charge is 0.254 e. The molecule has 3 rings (SSSR count). The topological polar surface area (TPSA) is 58.7 Å². The lowest BCUT2D eigenvalue weighted by Crippen LogP contribution is -2.58. The Labute approximate surface area is 157 Å². The van der Waals surface area contributed by atoms with Crippen molar-refractivity contribution >= 4 is 11.9 Å². The molecule has 0 aromatic heterocycles. The second-order valence-corrected chi connectivity index (χ2v) is 8.79. The Kier molecular flexibility index (Phi) is 4.18. The maximum atomic E-state index is 14.7. The summed E-state index contributed by atoms with van der Waals surface area (Å²) in [4.78, 5) is 18.5. The lowest BCUT2D eigenvalue weighted by molar-refractivity contribution is -0.140. The lowest BCUT2D eigenvalue weighted by Gasteiger charge is -2.46. The van der Waals surface area contributed by atoms with Crippen LogP contribution in [0.2, 0.25) is 0 Å². The molecular weight excluding hydrogens is 355 g/mol. The first-order valence-corrected chi connectivity index (χ1v) is 9.05. The Morgan fingerprint density at radius 2 is 1.81 bits per heavy atom. The summed E-state index contributed by atoms with van der Waals surface area (Å²) in [5.41, 5.74) is 3.67. The summed E-state index contributed by atoms with van der Waals surface area (Å²) in [5, 5.41) is 0. The Morgan fingerprint density at radius 1 is 1.22 bits per heavy atom. The van der Waals surface area contributed by atoms with Crippen LogP contribution in [0.15, 0.2) is 23.2 Å². The number of alkyl halides is 2. The van der Waals surface area contributed by atoms with Crippen LogP contribution in [0.4, 0.5) is 13.2 Å². The van der Waals surface area contributed by atoms with Gasteiger partial charge in [0.2, 0.25) is 5.91 Å². The van der Waals surface area contributed by atoms with E-state index in [0.29, 0.717) is 12.8 Å². The van der Waals surface area contributed by atoms with Crippen LogP contribution in [0, 0.1) is 16.6 Å². The first kappa shape index (κ1) is 19.7. The average Bonchev–Trinajstić information content (AvgIpc) is 3.09. The molecule has 7 heteroatoms. The number of halogens is 3. The number of aliphatic imine (C=N–C) groups is 1. The third-order valence-electron chi connectivity index (χ3n) is 6.63. The number of rotatable bonds is 4. The minimum Gasteiger partial charge on any atom is -0.369 e. The Morgan fingerprint density at radius 3 is 2.37 bits per heavy atom. The highest BCUT2D eigenvalue weighted by atomic mass is 19.3. The van der Waals surface area contributed by atoms with E-state index in [-0.39, 0.29) is 23.9 Å². The number of amides is 1. The van der Waals surface area contributed by atoms with Crippen molar-refractivity contribution in [2.45, 2.75) is 58.4 Å². The van der Waals surface area contributed by atoms with Gasteiger partial charge in [-0.25, -0.2) is 18.2 Å². The van der Waals surface area contributed by atoms with Gasteiger partial charge >= 0.3 is 0 Å². The maximum Gasteiger partial charge on any atom is 0.254 e. The summed E-state index contributed by atoms with van der Waals surface area (Å²) in [6, 6.07) is 4.55. The standard InChI is InChI=1S/C20H26F3N3O/c1-17(2)15(27)26(5)16(24)25-19(17,4)13-10-12(6-7-14(13)21)8-9-18(3)11-20(18,22)23/h6-7,10H,8-9,11H2,1-5H3,(H2,24,25)/t18?,19-/m1/s1. The first-order valence-electron chi connectivity index (χ1n) is 9.05. The summed E-state index contributed by atoms with van der Waals surface area (Å²) in [6.07, 6.45) is 0.613. The molecule has 0 bridgehead atoms. The molecule has 1 heterocycles. The zero-order chi connectivity index (χ0) is 20.4. The number of aryl methyl sites for hydroxylation is 1. The van der Waals surface area contributed by atoms with Gasteiger partial charge in [0.1, 0.15) is 11.4 Å². The quantitative estimate of drug-likeness (QED) is 0.862. The van der Waals surface area contributed by atoms with Crippen molar-refractivity contribution in [1.29, 1.82) is 0 Å². The van der Waals surface area contributed by atoms with E-state index in [1.54, 1.807) is 39.8 Å². The number of carbonyl (C=O) groups excluding carboxylic acids is 1. The van der Waals surface area contributed by atoms with Gasteiger partial charge in [-0.2, -0.15) is 0 Å². The SMILES string of the molecule is CN1C(=O)C(C)(C)[C@@](C)(c2cc(CCC3(C)CC3(F)F)ccc2F)N=C1N. The third-order valence-corrected chi connectivity index (χ3v) is 6.63. The average molecular weight is 381 g/mol. The first-order chi connectivity index (χ1) is 12.3. The minimum absolute atomic E-state index is 0.0248. The molecule has 1 unspecified atom stereocenters. The van der Waals surface area contributed by atoms with Gasteiger partial charge in [-0.05, 0) is 45.2 Å². The summed E-state index contributed by atoms with van der Waals surface area (Å²) < 4.78 is 41.7. The van der Waals surface area contributed by atoms with Crippen LogP contribution in [0.1, 0.15) is 51.7 Å². The normalized spacial score (nSPS) is 31.6. The number of guanidine groups is 1. The molecule has 1 aliphatic carbocycles. The van der Waals surface area contributed by atoms with Gasteiger partial charge in [-0.1, -0.05) is 19.1 Å². The van der Waals surface area contributed by atoms with Crippen molar-refractivity contribution in [2.75, 3.05) is 7.05 Å². The molecule has 1 aromatic carbocycles. The van der Waals surface area contributed by atoms with Crippen LogP contribution in [-0.4, -0.2) is 29.7 Å². The molecule has 2 N–H and O–H groups in total. The molecule has 1 saturated carbocycles. The lowest BCUT2D eigenvalue weighted by atomic mass is 9.67. The fourth-order valence-electron chi connectivity index (χ4n) is 3.81. The molecule has 2 atom stereocenters. The van der Waals surface area contributed by atoms with E-state index >= 15 is 0 Å².